The van der Waals surface area contributed by atoms with Gasteiger partial charge in [-0.05, 0) is 99.3 Å². The van der Waals surface area contributed by atoms with E-state index < -0.39 is 11.2 Å². The predicted octanol–water partition coefficient (Wildman–Crippen LogP) is 7.63. The lowest BCUT2D eigenvalue weighted by atomic mass is 9.60. The molecule has 2 amide bonds. The number of hydrogen-bond acceptors (Lipinski definition) is 4. The van der Waals surface area contributed by atoms with Gasteiger partial charge in [-0.15, -0.1) is 0 Å². The maximum Gasteiger partial charge on any atom is 0.254 e. The lowest BCUT2D eigenvalue weighted by molar-refractivity contribution is -0.170. The van der Waals surface area contributed by atoms with Gasteiger partial charge >= 0.3 is 0 Å². The van der Waals surface area contributed by atoms with Crippen molar-refractivity contribution < 1.29 is 9.59 Å². The van der Waals surface area contributed by atoms with E-state index in [0.717, 1.165) is 53.7 Å². The molecule has 0 aromatic heterocycles. The third-order valence-electron chi connectivity index (χ3n) is 10.2. The quantitative estimate of drug-likeness (QED) is 0.237. The number of halogens is 2. The molecule has 2 aliphatic heterocycles. The molecule has 2 atom stereocenters. The van der Waals surface area contributed by atoms with Crippen molar-refractivity contribution in [2.75, 3.05) is 33.2 Å². The van der Waals surface area contributed by atoms with Crippen molar-refractivity contribution in [3.63, 3.8) is 0 Å². The van der Waals surface area contributed by atoms with Crippen LogP contribution in [0.2, 0.25) is 10.0 Å². The molecule has 4 aromatic rings. The maximum atomic E-state index is 15.1. The summed E-state index contributed by atoms with van der Waals surface area (Å²) >= 11 is 13.2. The largest absolute Gasteiger partial charge is 0.323 e. The van der Waals surface area contributed by atoms with Crippen molar-refractivity contribution in [3.05, 3.63) is 129 Å². The van der Waals surface area contributed by atoms with Crippen LogP contribution in [0.3, 0.4) is 0 Å². The number of piperazine rings is 1. The molecular formula is C39H42Cl2N4O2. The number of aryl methyl sites for hydroxylation is 2. The molecule has 0 radical (unpaired) electrons. The van der Waals surface area contributed by atoms with Crippen molar-refractivity contribution in [2.24, 2.45) is 11.7 Å². The summed E-state index contributed by atoms with van der Waals surface area (Å²) in [4.78, 5) is 34.9. The van der Waals surface area contributed by atoms with Crippen molar-refractivity contribution >= 4 is 35.0 Å². The second kappa shape index (κ2) is 13.1. The lowest BCUT2D eigenvalue weighted by Gasteiger charge is -2.65. The number of likely N-dealkylation sites (tertiary alicyclic amines) is 1. The van der Waals surface area contributed by atoms with Crippen LogP contribution in [0.1, 0.15) is 52.4 Å². The first kappa shape index (κ1) is 33.2. The van der Waals surface area contributed by atoms with E-state index in [9.17, 15) is 4.79 Å². The van der Waals surface area contributed by atoms with Gasteiger partial charge < -0.3 is 20.4 Å². The van der Waals surface area contributed by atoms with Gasteiger partial charge in [0.05, 0.1) is 10.0 Å². The highest BCUT2D eigenvalue weighted by atomic mass is 35.5. The Balaban J connectivity index is 1.69. The van der Waals surface area contributed by atoms with Crippen LogP contribution in [0.5, 0.6) is 0 Å². The fourth-order valence-corrected chi connectivity index (χ4v) is 8.41. The molecular weight excluding hydrogens is 627 g/mol. The maximum absolute atomic E-state index is 15.1. The molecule has 0 aliphatic carbocycles. The second-order valence-electron chi connectivity index (χ2n) is 13.2. The normalized spacial score (nSPS) is 22.4. The van der Waals surface area contributed by atoms with Crippen molar-refractivity contribution in [1.29, 1.82) is 0 Å². The molecule has 6 rings (SSSR count). The highest BCUT2D eigenvalue weighted by molar-refractivity contribution is 6.42. The SMILES string of the molecule is CC(=O)N1CCN(C(=O)c2cc(C)cc(C)c2)C(c2ccc(-c3ccccc3)cc2)(C2CCN(C)CC2)C1(N)c1ccc(Cl)c(Cl)c1. The van der Waals surface area contributed by atoms with E-state index >= 15 is 4.79 Å². The van der Waals surface area contributed by atoms with Gasteiger partial charge in [-0.1, -0.05) is 101 Å². The fourth-order valence-electron chi connectivity index (χ4n) is 8.11. The van der Waals surface area contributed by atoms with Crippen LogP contribution in [0.4, 0.5) is 0 Å². The van der Waals surface area contributed by atoms with Crippen LogP contribution in [-0.2, 0) is 16.0 Å². The molecule has 0 spiro atoms. The highest BCUT2D eigenvalue weighted by Gasteiger charge is 2.66. The Morgan fingerprint density at radius 2 is 1.30 bits per heavy atom. The van der Waals surface area contributed by atoms with E-state index in [1.54, 1.807) is 24.0 Å². The average Bonchev–Trinajstić information content (AvgIpc) is 3.06. The van der Waals surface area contributed by atoms with Crippen molar-refractivity contribution in [1.82, 2.24) is 14.7 Å². The average molecular weight is 670 g/mol. The minimum atomic E-state index is -1.49. The summed E-state index contributed by atoms with van der Waals surface area (Å²) < 4.78 is 0. The summed E-state index contributed by atoms with van der Waals surface area (Å²) in [6, 6.07) is 29.9. The Hall–Kier alpha value is -3.68. The minimum Gasteiger partial charge on any atom is -0.323 e. The number of hydrogen-bond donors (Lipinski definition) is 1. The monoisotopic (exact) mass is 668 g/mol. The number of benzene rings is 4. The Morgan fingerprint density at radius 3 is 1.89 bits per heavy atom. The van der Waals surface area contributed by atoms with Gasteiger partial charge in [0.1, 0.15) is 11.2 Å². The third-order valence-corrected chi connectivity index (χ3v) is 10.9. The molecule has 2 fully saturated rings. The number of rotatable bonds is 5. The van der Waals surface area contributed by atoms with E-state index in [2.05, 4.69) is 54.4 Å². The third kappa shape index (κ3) is 5.76. The van der Waals surface area contributed by atoms with Gasteiger partial charge in [-0.2, -0.15) is 0 Å². The number of carbonyl (C=O) groups excluding carboxylic acids is 2. The van der Waals surface area contributed by atoms with Crippen LogP contribution < -0.4 is 5.73 Å². The second-order valence-corrected chi connectivity index (χ2v) is 14.0. The zero-order valence-electron chi connectivity index (χ0n) is 27.5. The Bertz CT molecular complexity index is 1770. The summed E-state index contributed by atoms with van der Waals surface area (Å²) in [7, 11) is 2.12. The van der Waals surface area contributed by atoms with Crippen LogP contribution >= 0.6 is 23.2 Å². The van der Waals surface area contributed by atoms with Gasteiger partial charge in [-0.3, -0.25) is 9.59 Å². The van der Waals surface area contributed by atoms with E-state index in [-0.39, 0.29) is 24.3 Å². The zero-order chi connectivity index (χ0) is 33.5. The standard InChI is InChI=1S/C39H42Cl2N4O2/c1-26-22-27(2)24-31(23-26)37(47)45-21-20-44(28(3)46)39(42,34-14-15-35(40)36(41)25-34)38(45,33-16-18-43(4)19-17-33)32-12-10-30(11-13-32)29-8-6-5-7-9-29/h5-15,22-25,33H,16-21,42H2,1-4H3. The van der Waals surface area contributed by atoms with E-state index in [4.69, 9.17) is 28.9 Å². The van der Waals surface area contributed by atoms with Crippen LogP contribution in [0.25, 0.3) is 11.1 Å². The molecule has 8 heteroatoms. The summed E-state index contributed by atoms with van der Waals surface area (Å²) in [5.41, 5.74) is 11.6. The molecule has 2 saturated heterocycles. The summed E-state index contributed by atoms with van der Waals surface area (Å²) in [6.07, 6.45) is 1.55. The first-order valence-electron chi connectivity index (χ1n) is 16.2. The Kier molecular flexibility index (Phi) is 9.25. The number of piperidine rings is 1. The topological polar surface area (TPSA) is 69.9 Å². The molecule has 0 saturated carbocycles. The van der Waals surface area contributed by atoms with Gasteiger partial charge in [0.25, 0.3) is 5.91 Å². The fraction of sp³-hybridized carbons (Fsp3) is 0.333. The molecule has 4 aromatic carbocycles. The predicted molar refractivity (Wildman–Crippen MR) is 190 cm³/mol. The molecule has 47 heavy (non-hydrogen) atoms. The Morgan fingerprint density at radius 1 is 0.723 bits per heavy atom. The number of nitrogens with two attached hydrogens (primary N) is 1. The summed E-state index contributed by atoms with van der Waals surface area (Å²) in [5, 5.41) is 0.733. The van der Waals surface area contributed by atoms with Gasteiger partial charge in [-0.25, -0.2) is 0 Å². The number of carbonyl (C=O) groups is 2. The van der Waals surface area contributed by atoms with Crippen LogP contribution in [0, 0.1) is 19.8 Å². The lowest BCUT2D eigenvalue weighted by Crippen LogP contribution is -2.79. The first-order valence-corrected chi connectivity index (χ1v) is 17.0. The van der Waals surface area contributed by atoms with Crippen molar-refractivity contribution in [3.8, 4) is 11.1 Å². The summed E-state index contributed by atoms with van der Waals surface area (Å²) in [6.45, 7) is 7.81. The zero-order valence-corrected chi connectivity index (χ0v) is 29.0. The molecule has 0 bridgehead atoms. The highest BCUT2D eigenvalue weighted by Crippen LogP contribution is 2.56. The van der Waals surface area contributed by atoms with Gasteiger partial charge in [0.15, 0.2) is 0 Å². The van der Waals surface area contributed by atoms with Gasteiger partial charge in [0, 0.05) is 25.6 Å². The first-order chi connectivity index (χ1) is 22.5. The molecule has 2 unspecified atom stereocenters. The smallest absolute Gasteiger partial charge is 0.254 e. The minimum absolute atomic E-state index is 0.0993. The van der Waals surface area contributed by atoms with E-state index in [1.807, 2.05) is 55.1 Å². The van der Waals surface area contributed by atoms with E-state index in [1.165, 1.54) is 0 Å². The molecule has 2 heterocycles. The molecule has 2 N–H and O–H groups in total. The van der Waals surface area contributed by atoms with Crippen LogP contribution in [-0.4, -0.2) is 59.7 Å². The molecule has 244 valence electrons. The van der Waals surface area contributed by atoms with Crippen LogP contribution in [0.15, 0.2) is 91.0 Å². The molecule has 6 nitrogen and oxygen atoms in total. The Labute approximate surface area is 288 Å². The number of amides is 2. The van der Waals surface area contributed by atoms with Gasteiger partial charge in [0.2, 0.25) is 5.91 Å². The summed E-state index contributed by atoms with van der Waals surface area (Å²) in [5.74, 6) is -0.381. The van der Waals surface area contributed by atoms with E-state index in [0.29, 0.717) is 27.7 Å². The van der Waals surface area contributed by atoms with Crippen molar-refractivity contribution in [2.45, 2.75) is 44.8 Å². The molecule has 2 aliphatic rings. The number of nitrogens with zero attached hydrogens (tertiary/aromatic N) is 3.